The summed E-state index contributed by atoms with van der Waals surface area (Å²) in [6.45, 7) is 6.34. The van der Waals surface area contributed by atoms with E-state index in [1.165, 1.54) is 83.5 Å². The van der Waals surface area contributed by atoms with Crippen molar-refractivity contribution in [2.24, 2.45) is 0 Å². The van der Waals surface area contributed by atoms with Gasteiger partial charge in [-0.15, -0.1) is 0 Å². The third-order valence-electron chi connectivity index (χ3n) is 6.13. The van der Waals surface area contributed by atoms with Gasteiger partial charge in [-0.2, -0.15) is 0 Å². The molecule has 0 bridgehead atoms. The summed E-state index contributed by atoms with van der Waals surface area (Å²) in [4.78, 5) is 0. The molecule has 2 nitrogen and oxygen atoms in total. The Balaban J connectivity index is 1.56. The van der Waals surface area contributed by atoms with Gasteiger partial charge >= 0.3 is 192 Å². The number of hydrogen-bond donors (Lipinski definition) is 0. The monoisotopic (exact) mass is 556 g/mol. The molecular formula is C30H46Co2O2. The molecule has 4 heteroatoms. The topological polar surface area (TPSA) is 34.1 Å². The molecule has 0 saturated heterocycles. The van der Waals surface area contributed by atoms with E-state index in [-0.39, 0.29) is 0 Å². The van der Waals surface area contributed by atoms with Crippen LogP contribution < -0.4 is 13.5 Å². The van der Waals surface area contributed by atoms with Gasteiger partial charge in [0, 0.05) is 0 Å². The molecule has 2 aromatic rings. The Morgan fingerprint density at radius 1 is 0.529 bits per heavy atom. The second-order valence-electron chi connectivity index (χ2n) is 9.43. The zero-order valence-corrected chi connectivity index (χ0v) is 23.7. The molecule has 0 N–H and O–H groups in total. The first-order valence-corrected chi connectivity index (χ1v) is 16.4. The molecule has 0 fully saturated rings. The summed E-state index contributed by atoms with van der Waals surface area (Å²) < 4.78 is 28.2. The maximum absolute atomic E-state index is 12.9. The second-order valence-corrected chi connectivity index (χ2v) is 13.3. The fourth-order valence-corrected chi connectivity index (χ4v) is 7.26. The van der Waals surface area contributed by atoms with E-state index >= 15 is 0 Å². The van der Waals surface area contributed by atoms with Crippen molar-refractivity contribution in [3.05, 3.63) is 53.6 Å². The molecule has 0 amide bonds. The molecule has 0 atom stereocenters. The normalized spacial score (nSPS) is 12.1. The summed E-state index contributed by atoms with van der Waals surface area (Å²) in [6.07, 6.45) is 18.7. The Bertz CT molecular complexity index is 854. The molecule has 2 aromatic carbocycles. The predicted octanol–water partition coefficient (Wildman–Crippen LogP) is 7.71. The molecule has 0 aliphatic heterocycles. The van der Waals surface area contributed by atoms with Crippen LogP contribution in [0.25, 0.3) is 0 Å². The molecule has 0 spiro atoms. The Hall–Kier alpha value is -0.947. The molecule has 0 aromatic heterocycles. The predicted molar refractivity (Wildman–Crippen MR) is 138 cm³/mol. The van der Waals surface area contributed by atoms with Gasteiger partial charge in [0.15, 0.2) is 0 Å². The van der Waals surface area contributed by atoms with E-state index in [0.29, 0.717) is 0 Å². The Labute approximate surface area is 217 Å². The van der Waals surface area contributed by atoms with Crippen molar-refractivity contribution in [2.45, 2.75) is 116 Å². The second kappa shape index (κ2) is 17.5. The molecule has 2 rings (SSSR count). The van der Waals surface area contributed by atoms with Gasteiger partial charge < -0.3 is 0 Å². The molecule has 0 unspecified atom stereocenters. The van der Waals surface area contributed by atoms with Crippen molar-refractivity contribution in [1.82, 2.24) is 0 Å². The fourth-order valence-electron chi connectivity index (χ4n) is 4.22. The summed E-state index contributed by atoms with van der Waals surface area (Å²) in [5.41, 5.74) is 2.26. The number of rotatable bonds is 18. The van der Waals surface area contributed by atoms with E-state index < -0.39 is 27.2 Å². The third-order valence-corrected chi connectivity index (χ3v) is 9.73. The zero-order chi connectivity index (χ0) is 24.6. The van der Waals surface area contributed by atoms with E-state index in [2.05, 4.69) is 13.0 Å². The van der Waals surface area contributed by atoms with Gasteiger partial charge in [-0.1, -0.05) is 26.2 Å². The number of benzene rings is 2. The van der Waals surface area contributed by atoms with Crippen molar-refractivity contribution < 1.29 is 34.9 Å². The van der Waals surface area contributed by atoms with E-state index in [4.69, 9.17) is 0 Å². The first-order chi connectivity index (χ1) is 16.5. The summed E-state index contributed by atoms with van der Waals surface area (Å²) in [5, 5.41) is 0.757. The molecule has 0 heterocycles. The zero-order valence-electron chi connectivity index (χ0n) is 21.6. The van der Waals surface area contributed by atoms with E-state index in [1.54, 1.807) is 0 Å². The molecule has 0 aliphatic carbocycles. The maximum atomic E-state index is 12.9. The summed E-state index contributed by atoms with van der Waals surface area (Å²) in [5.74, 6) is 0. The molecule has 0 saturated carbocycles. The van der Waals surface area contributed by atoms with Crippen molar-refractivity contribution >= 4 is 13.5 Å². The van der Waals surface area contributed by atoms with Gasteiger partial charge in [0.05, 0.1) is 0 Å². The van der Waals surface area contributed by atoms with Crippen LogP contribution in [-0.4, -0.2) is 0 Å². The molecule has 0 aliphatic rings. The van der Waals surface area contributed by atoms with Gasteiger partial charge in [-0.3, -0.25) is 0 Å². The van der Waals surface area contributed by atoms with Crippen LogP contribution in [0.1, 0.15) is 108 Å². The van der Waals surface area contributed by atoms with Crippen LogP contribution in [0.15, 0.2) is 42.5 Å². The van der Waals surface area contributed by atoms with Crippen LogP contribution >= 0.6 is 0 Å². The van der Waals surface area contributed by atoms with Crippen molar-refractivity contribution in [3.8, 4) is 0 Å². The molecule has 34 heavy (non-hydrogen) atoms. The van der Waals surface area contributed by atoms with Crippen LogP contribution in [-0.2, 0) is 34.9 Å². The van der Waals surface area contributed by atoms with Crippen LogP contribution in [0.3, 0.4) is 0 Å². The van der Waals surface area contributed by atoms with Gasteiger partial charge in [0.1, 0.15) is 0 Å². The van der Waals surface area contributed by atoms with Crippen molar-refractivity contribution in [2.75, 3.05) is 0 Å². The fraction of sp³-hybridized carbons (Fsp3) is 0.600. The quantitative estimate of drug-likeness (QED) is 0.176. The average molecular weight is 557 g/mol. The minimum absolute atomic E-state index is 0.757. The molecule has 196 valence electrons. The van der Waals surface area contributed by atoms with Crippen molar-refractivity contribution in [3.63, 3.8) is 0 Å². The number of aryl methyl sites for hydroxylation is 2. The van der Waals surface area contributed by atoms with Crippen LogP contribution in [0, 0.1) is 13.8 Å². The van der Waals surface area contributed by atoms with Gasteiger partial charge in [0.25, 0.3) is 0 Å². The number of unbranched alkanes of at least 4 members (excludes halogenated alkanes) is 13. The molecular weight excluding hydrogens is 510 g/mol. The minimum atomic E-state index is -1.58. The third kappa shape index (κ3) is 11.7. The van der Waals surface area contributed by atoms with E-state index in [9.17, 15) is 7.73 Å². The first kappa shape index (κ1) is 29.3. The molecule has 0 radical (unpaired) electrons. The van der Waals surface area contributed by atoms with Gasteiger partial charge in [-0.05, 0) is 0 Å². The summed E-state index contributed by atoms with van der Waals surface area (Å²) in [6, 6.07) is 13.7. The van der Waals surface area contributed by atoms with E-state index in [1.807, 2.05) is 50.2 Å². The summed E-state index contributed by atoms with van der Waals surface area (Å²) >= 11 is -2.92. The van der Waals surface area contributed by atoms with Crippen LogP contribution in [0.5, 0.6) is 0 Å². The van der Waals surface area contributed by atoms with E-state index in [0.717, 1.165) is 36.4 Å². The first-order valence-electron chi connectivity index (χ1n) is 13.3. The Morgan fingerprint density at radius 3 is 1.41 bits per heavy atom. The van der Waals surface area contributed by atoms with Gasteiger partial charge in [0.2, 0.25) is 0 Å². The van der Waals surface area contributed by atoms with Crippen LogP contribution in [0.4, 0.5) is 0 Å². The standard InChI is InChI=1S/C16H33.C8H9.C6H4.2Co.2O/c1-3-5-7-9-11-13-15-16-14-12-10-8-6-4-2;1-7-4-3-5-8(2)6-7;1-2-4-6-5-3-1;;;;/h1,3-16H2,2H3;4-6H,1-2H3;1-2,5-6H;;;;. The summed E-state index contributed by atoms with van der Waals surface area (Å²) in [7, 11) is 0. The van der Waals surface area contributed by atoms with Crippen molar-refractivity contribution in [1.29, 1.82) is 0 Å². The Kier molecular flexibility index (Phi) is 15.1. The van der Waals surface area contributed by atoms with Gasteiger partial charge in [-0.25, -0.2) is 0 Å². The Morgan fingerprint density at radius 2 is 0.941 bits per heavy atom. The number of hydrogen-bond acceptors (Lipinski definition) is 2. The van der Waals surface area contributed by atoms with Crippen LogP contribution in [0.2, 0.25) is 5.36 Å². The average Bonchev–Trinajstić information content (AvgIpc) is 2.83. The SMILES string of the molecule is CCCCCCCCCCCCCCC[CH2][Co](=[O])[c]1cc[c]([Co](=[O])[c]2cc(C)cc(C)c2)cc1.